The zero-order chi connectivity index (χ0) is 22.7. The number of halogens is 3. The molecule has 2 heterocycles. The Morgan fingerprint density at radius 1 is 1.06 bits per heavy atom. The van der Waals surface area contributed by atoms with Crippen LogP contribution in [0, 0.1) is 6.92 Å². The van der Waals surface area contributed by atoms with Crippen molar-refractivity contribution in [3.05, 3.63) is 93.2 Å². The van der Waals surface area contributed by atoms with Gasteiger partial charge < -0.3 is 9.51 Å². The number of hydrogen-bond donors (Lipinski definition) is 1. The number of benzene rings is 2. The molecule has 0 saturated heterocycles. The Labute approximate surface area is 184 Å². The third kappa shape index (κ3) is 5.08. The second-order valence-corrected chi connectivity index (χ2v) is 7.94. The van der Waals surface area contributed by atoms with E-state index in [1.807, 2.05) is 30.3 Å². The number of thioether (sulfide) groups is 1. The summed E-state index contributed by atoms with van der Waals surface area (Å²) in [5.41, 5.74) is 1.41. The van der Waals surface area contributed by atoms with Crippen molar-refractivity contribution >= 4 is 11.8 Å². The molecule has 0 fully saturated rings. The molecule has 0 unspecified atom stereocenters. The molecule has 32 heavy (non-hydrogen) atoms. The number of aromatic nitrogens is 4. The highest BCUT2D eigenvalue weighted by Crippen LogP contribution is 2.31. The maximum Gasteiger partial charge on any atom is 0.416 e. The van der Waals surface area contributed by atoms with Gasteiger partial charge in [0, 0.05) is 23.2 Å². The van der Waals surface area contributed by atoms with E-state index in [1.165, 1.54) is 23.9 Å². The zero-order valence-electron chi connectivity index (χ0n) is 16.8. The Kier molecular flexibility index (Phi) is 6.13. The number of nitrogens with zero attached hydrogens (tertiary/aromatic N) is 3. The molecule has 1 N–H and O–H groups in total. The minimum absolute atomic E-state index is 0.0579. The molecule has 0 spiro atoms. The van der Waals surface area contributed by atoms with Crippen LogP contribution >= 0.6 is 11.8 Å². The van der Waals surface area contributed by atoms with Crippen LogP contribution in [-0.4, -0.2) is 20.1 Å². The minimum Gasteiger partial charge on any atom is -0.338 e. The third-order valence-electron chi connectivity index (χ3n) is 4.67. The van der Waals surface area contributed by atoms with Gasteiger partial charge in [0.15, 0.2) is 5.16 Å². The van der Waals surface area contributed by atoms with Gasteiger partial charge in [-0.15, -0.1) is 0 Å². The lowest BCUT2D eigenvalue weighted by Gasteiger charge is -2.07. The summed E-state index contributed by atoms with van der Waals surface area (Å²) in [6, 6.07) is 14.3. The van der Waals surface area contributed by atoms with Gasteiger partial charge in [0.25, 0.3) is 5.56 Å². The molecule has 0 radical (unpaired) electrons. The van der Waals surface area contributed by atoms with Crippen molar-refractivity contribution in [2.24, 2.45) is 0 Å². The molecule has 4 aromatic rings. The van der Waals surface area contributed by atoms with Crippen molar-refractivity contribution in [3.63, 3.8) is 0 Å². The van der Waals surface area contributed by atoms with Crippen LogP contribution in [0.1, 0.15) is 28.3 Å². The third-order valence-corrected chi connectivity index (χ3v) is 5.53. The molecule has 4 rings (SSSR count). The number of hydrogen-bond acceptors (Lipinski definition) is 6. The molecule has 0 atom stereocenters. The molecule has 0 aliphatic rings. The smallest absolute Gasteiger partial charge is 0.338 e. The maximum atomic E-state index is 12.9. The van der Waals surface area contributed by atoms with E-state index in [2.05, 4.69) is 20.1 Å². The number of nitrogens with one attached hydrogen (secondary N) is 1. The van der Waals surface area contributed by atoms with Crippen LogP contribution in [0.4, 0.5) is 13.2 Å². The molecule has 2 aromatic carbocycles. The van der Waals surface area contributed by atoms with Crippen LogP contribution in [0.3, 0.4) is 0 Å². The molecular formula is C22H17F3N4O2S. The Hall–Kier alpha value is -3.40. The van der Waals surface area contributed by atoms with Gasteiger partial charge in [0.2, 0.25) is 11.7 Å². The molecule has 2 aromatic heterocycles. The minimum atomic E-state index is -4.46. The van der Waals surface area contributed by atoms with Crippen LogP contribution in [0.25, 0.3) is 11.4 Å². The second-order valence-electron chi connectivity index (χ2n) is 6.98. The van der Waals surface area contributed by atoms with E-state index in [1.54, 1.807) is 6.92 Å². The fourth-order valence-electron chi connectivity index (χ4n) is 3.06. The summed E-state index contributed by atoms with van der Waals surface area (Å²) in [4.78, 5) is 23.9. The van der Waals surface area contributed by atoms with E-state index in [-0.39, 0.29) is 28.6 Å². The van der Waals surface area contributed by atoms with Gasteiger partial charge in [-0.3, -0.25) is 4.79 Å². The first-order valence-corrected chi connectivity index (χ1v) is 10.5. The van der Waals surface area contributed by atoms with Crippen LogP contribution in [-0.2, 0) is 18.3 Å². The van der Waals surface area contributed by atoms with Gasteiger partial charge in [-0.05, 0) is 24.6 Å². The number of H-pyrrole nitrogens is 1. The van der Waals surface area contributed by atoms with E-state index < -0.39 is 11.7 Å². The summed E-state index contributed by atoms with van der Waals surface area (Å²) in [5.74, 6) is 0.463. The van der Waals surface area contributed by atoms with Crippen LogP contribution in [0.5, 0.6) is 0 Å². The van der Waals surface area contributed by atoms with Gasteiger partial charge in [0.05, 0.1) is 11.3 Å². The summed E-state index contributed by atoms with van der Waals surface area (Å²) in [7, 11) is 0. The summed E-state index contributed by atoms with van der Waals surface area (Å²) < 4.78 is 43.9. The summed E-state index contributed by atoms with van der Waals surface area (Å²) in [5, 5.41) is 4.15. The molecule has 0 amide bonds. The monoisotopic (exact) mass is 458 g/mol. The van der Waals surface area contributed by atoms with Gasteiger partial charge in [0.1, 0.15) is 0 Å². The lowest BCUT2D eigenvalue weighted by atomic mass is 10.1. The standard InChI is InChI=1S/C22H17F3N4O2S/c1-13-17(10-14-6-3-2-4-7-14)20(30)28-21(26-13)32-12-18-27-19(29-31-18)15-8-5-9-16(11-15)22(23,24)25/h2-9,11H,10,12H2,1H3,(H,26,28,30). The fraction of sp³-hybridized carbons (Fsp3) is 0.182. The van der Waals surface area contributed by atoms with Gasteiger partial charge in [-0.1, -0.05) is 59.4 Å². The zero-order valence-corrected chi connectivity index (χ0v) is 17.6. The van der Waals surface area contributed by atoms with E-state index >= 15 is 0 Å². The van der Waals surface area contributed by atoms with Gasteiger partial charge in [-0.2, -0.15) is 18.2 Å². The normalized spacial score (nSPS) is 11.6. The SMILES string of the molecule is Cc1nc(SCc2nc(-c3cccc(C(F)(F)F)c3)no2)[nH]c(=O)c1Cc1ccccc1. The summed E-state index contributed by atoms with van der Waals surface area (Å²) in [6.45, 7) is 1.77. The van der Waals surface area contributed by atoms with Gasteiger partial charge >= 0.3 is 6.18 Å². The predicted molar refractivity (Wildman–Crippen MR) is 113 cm³/mol. The quantitative estimate of drug-likeness (QED) is 0.322. The lowest BCUT2D eigenvalue weighted by molar-refractivity contribution is -0.137. The highest BCUT2D eigenvalue weighted by Gasteiger charge is 2.30. The molecule has 0 bridgehead atoms. The highest BCUT2D eigenvalue weighted by atomic mass is 32.2. The Balaban J connectivity index is 1.46. The first kappa shape index (κ1) is 21.8. The van der Waals surface area contributed by atoms with Crippen molar-refractivity contribution in [1.29, 1.82) is 0 Å². The Morgan fingerprint density at radius 2 is 1.84 bits per heavy atom. The molecule has 10 heteroatoms. The number of rotatable bonds is 6. The van der Waals surface area contributed by atoms with E-state index in [0.717, 1.165) is 17.7 Å². The van der Waals surface area contributed by atoms with E-state index in [9.17, 15) is 18.0 Å². The summed E-state index contributed by atoms with van der Waals surface area (Å²) in [6.07, 6.45) is -3.98. The van der Waals surface area contributed by atoms with Crippen molar-refractivity contribution in [2.75, 3.05) is 0 Å². The predicted octanol–water partition coefficient (Wildman–Crippen LogP) is 5.03. The Morgan fingerprint density at radius 3 is 2.56 bits per heavy atom. The molecule has 0 saturated carbocycles. The highest BCUT2D eigenvalue weighted by molar-refractivity contribution is 7.98. The van der Waals surface area contributed by atoms with Crippen molar-refractivity contribution in [1.82, 2.24) is 20.1 Å². The molecule has 0 aliphatic carbocycles. The number of alkyl halides is 3. The number of aromatic amines is 1. The first-order chi connectivity index (χ1) is 15.3. The van der Waals surface area contributed by atoms with Gasteiger partial charge in [-0.25, -0.2) is 4.98 Å². The second kappa shape index (κ2) is 8.99. The topological polar surface area (TPSA) is 84.7 Å². The average molecular weight is 458 g/mol. The van der Waals surface area contributed by atoms with Crippen molar-refractivity contribution in [2.45, 2.75) is 30.4 Å². The fourth-order valence-corrected chi connectivity index (χ4v) is 3.80. The first-order valence-electron chi connectivity index (χ1n) is 9.56. The lowest BCUT2D eigenvalue weighted by Crippen LogP contribution is -2.17. The molecular weight excluding hydrogens is 441 g/mol. The summed E-state index contributed by atoms with van der Waals surface area (Å²) >= 11 is 1.19. The van der Waals surface area contributed by atoms with Crippen LogP contribution in [0.2, 0.25) is 0 Å². The van der Waals surface area contributed by atoms with Crippen LogP contribution < -0.4 is 5.56 Å². The van der Waals surface area contributed by atoms with Crippen molar-refractivity contribution in [3.8, 4) is 11.4 Å². The maximum absolute atomic E-state index is 12.9. The van der Waals surface area contributed by atoms with Crippen molar-refractivity contribution < 1.29 is 17.7 Å². The van der Waals surface area contributed by atoms with Crippen LogP contribution in [0.15, 0.2) is 69.1 Å². The van der Waals surface area contributed by atoms with E-state index in [0.29, 0.717) is 22.8 Å². The molecule has 6 nitrogen and oxygen atoms in total. The number of aryl methyl sites for hydroxylation is 1. The molecule has 164 valence electrons. The largest absolute Gasteiger partial charge is 0.416 e. The van der Waals surface area contributed by atoms with E-state index in [4.69, 9.17) is 4.52 Å². The average Bonchev–Trinajstić information content (AvgIpc) is 3.24. The molecule has 0 aliphatic heterocycles. The Bertz CT molecular complexity index is 1290.